The van der Waals surface area contributed by atoms with Gasteiger partial charge >= 0.3 is 16.2 Å². The van der Waals surface area contributed by atoms with Gasteiger partial charge in [-0.15, -0.1) is 0 Å². The van der Waals surface area contributed by atoms with Crippen molar-refractivity contribution < 1.29 is 0 Å². The lowest BCUT2D eigenvalue weighted by molar-refractivity contribution is 0.335. The van der Waals surface area contributed by atoms with Gasteiger partial charge < -0.3 is 9.13 Å². The van der Waals surface area contributed by atoms with Crippen LogP contribution in [-0.2, 0) is 0 Å². The zero-order chi connectivity index (χ0) is 20.4. The SMILES string of the molecule is CN1CCN(C)[Si]2(N(C)CCN2C)/[Si]1=[Si]1\N(C)CCN(C)[Si]12N(C)CCN2C. The van der Waals surface area contributed by atoms with Crippen molar-refractivity contribution in [3.8, 4) is 0 Å². The molecule has 4 fully saturated rings. The fraction of sp³-hybridized carbons (Fsp3) is 1.00. The lowest BCUT2D eigenvalue weighted by atomic mass is 10.6. The molecule has 4 heterocycles. The smallest absolute Gasteiger partial charge is 0.310 e. The summed E-state index contributed by atoms with van der Waals surface area (Å²) in [6, 6.07) is 0. The summed E-state index contributed by atoms with van der Waals surface area (Å²) in [7, 11) is 14.5. The molecule has 2 spiro atoms. The van der Waals surface area contributed by atoms with Crippen LogP contribution in [0, 0.1) is 0 Å². The molecule has 4 aliphatic heterocycles. The van der Waals surface area contributed by atoms with Gasteiger partial charge in [-0.25, -0.2) is 0 Å². The maximum Gasteiger partial charge on any atom is 0.310 e. The van der Waals surface area contributed by atoms with E-state index in [1.54, 1.807) is 0 Å². The molecule has 160 valence electrons. The molecule has 0 atom stereocenters. The molecule has 0 bridgehead atoms. The van der Waals surface area contributed by atoms with Crippen molar-refractivity contribution in [2.24, 2.45) is 0 Å². The Balaban J connectivity index is 2.04. The monoisotopic (exact) mass is 456 g/mol. The van der Waals surface area contributed by atoms with Crippen molar-refractivity contribution in [1.29, 1.82) is 0 Å². The third kappa shape index (κ3) is 2.59. The summed E-state index contributed by atoms with van der Waals surface area (Å²) in [5.74, 6) is 0. The number of hydrogen-bond acceptors (Lipinski definition) is 8. The second-order valence-corrected chi connectivity index (χ2v) is 32.1. The van der Waals surface area contributed by atoms with Crippen molar-refractivity contribution >= 4 is 31.3 Å². The molecule has 12 heteroatoms. The van der Waals surface area contributed by atoms with Crippen molar-refractivity contribution in [3.63, 3.8) is 0 Å². The van der Waals surface area contributed by atoms with Crippen molar-refractivity contribution in [2.75, 3.05) is 109 Å². The molecule has 4 saturated heterocycles. The number of nitrogens with zero attached hydrogens (tertiary/aromatic N) is 8. The van der Waals surface area contributed by atoms with Gasteiger partial charge in [0.05, 0.1) is 0 Å². The van der Waals surface area contributed by atoms with E-state index in [-0.39, 0.29) is 0 Å². The fourth-order valence-corrected chi connectivity index (χ4v) is 63.1. The van der Waals surface area contributed by atoms with E-state index in [1.807, 2.05) is 0 Å². The van der Waals surface area contributed by atoms with Crippen LogP contribution in [0.2, 0.25) is 0 Å². The van der Waals surface area contributed by atoms with Gasteiger partial charge in [-0.05, 0) is 56.4 Å². The van der Waals surface area contributed by atoms with Gasteiger partial charge in [0.2, 0.25) is 0 Å². The first-order chi connectivity index (χ1) is 13.2. The third-order valence-corrected chi connectivity index (χ3v) is 48.5. The first kappa shape index (κ1) is 21.5. The van der Waals surface area contributed by atoms with Crippen LogP contribution >= 0.6 is 0 Å². The maximum atomic E-state index is 2.90. The van der Waals surface area contributed by atoms with Gasteiger partial charge in [0, 0.05) is 52.4 Å². The minimum absolute atomic E-state index is 0.731. The molecule has 8 nitrogen and oxygen atoms in total. The summed E-state index contributed by atoms with van der Waals surface area (Å²) in [5, 5.41) is 0. The average molecular weight is 457 g/mol. The standard InChI is InChI=1S/C16H40N8Si4/c1-17-9-11-19(3)27(21(5)13-14-22(27)6)25(17)26-18(2)10-12-20(4)28(26)23(7)15-16-24(28)8/h9-16H2,1-8H3/b26-25+. The fourth-order valence-electron chi connectivity index (χ4n) is 6.38. The van der Waals surface area contributed by atoms with Gasteiger partial charge in [0.25, 0.3) is 0 Å². The van der Waals surface area contributed by atoms with Crippen LogP contribution in [0.25, 0.3) is 0 Å². The Labute approximate surface area is 176 Å². The van der Waals surface area contributed by atoms with Gasteiger partial charge in [0.1, 0.15) is 0 Å². The number of hydrogen-bond donors (Lipinski definition) is 0. The van der Waals surface area contributed by atoms with Crippen LogP contribution in [0.4, 0.5) is 0 Å². The van der Waals surface area contributed by atoms with Crippen LogP contribution in [-0.4, -0.2) is 177 Å². The summed E-state index contributed by atoms with van der Waals surface area (Å²) >= 11 is 0. The van der Waals surface area contributed by atoms with Gasteiger partial charge in [-0.2, -0.15) is 0 Å². The van der Waals surface area contributed by atoms with E-state index >= 15 is 0 Å². The van der Waals surface area contributed by atoms with Crippen LogP contribution < -0.4 is 0 Å². The molecule has 0 aromatic carbocycles. The highest BCUT2D eigenvalue weighted by Gasteiger charge is 2.65. The Morgan fingerprint density at radius 2 is 0.607 bits per heavy atom. The Kier molecular flexibility index (Phi) is 5.69. The second-order valence-electron chi connectivity index (χ2n) is 9.34. The van der Waals surface area contributed by atoms with Crippen molar-refractivity contribution in [1.82, 2.24) is 36.5 Å². The zero-order valence-corrected chi connectivity index (χ0v) is 23.2. The van der Waals surface area contributed by atoms with Crippen LogP contribution in [0.3, 0.4) is 0 Å². The lowest BCUT2D eigenvalue weighted by Crippen LogP contribution is -2.89. The van der Waals surface area contributed by atoms with Gasteiger partial charge in [-0.1, -0.05) is 0 Å². The van der Waals surface area contributed by atoms with Gasteiger partial charge in [0.15, 0.2) is 15.1 Å². The molecule has 28 heavy (non-hydrogen) atoms. The normalized spacial score (nSPS) is 33.9. The first-order valence-corrected chi connectivity index (χ1v) is 20.2. The Morgan fingerprint density at radius 1 is 0.393 bits per heavy atom. The highest BCUT2D eigenvalue weighted by Crippen LogP contribution is 2.32. The Bertz CT molecular complexity index is 589. The molecule has 4 rings (SSSR count). The van der Waals surface area contributed by atoms with E-state index in [4.69, 9.17) is 0 Å². The molecule has 0 amide bonds. The van der Waals surface area contributed by atoms with Gasteiger partial charge in [-0.3, -0.25) is 27.4 Å². The predicted molar refractivity (Wildman–Crippen MR) is 124 cm³/mol. The molecule has 0 unspecified atom stereocenters. The van der Waals surface area contributed by atoms with Crippen LogP contribution in [0.5, 0.6) is 0 Å². The highest BCUT2D eigenvalue weighted by molar-refractivity contribution is 7.51. The number of likely N-dealkylation sites (N-methyl/N-ethyl adjacent to an activating group) is 8. The molecular weight excluding hydrogens is 417 g/mol. The molecule has 0 aromatic heterocycles. The molecule has 0 N–H and O–H groups in total. The molecule has 0 aromatic rings. The minimum atomic E-state index is -1.85. The molecular formula is C16H40N8Si4. The number of rotatable bonds is 0. The highest BCUT2D eigenvalue weighted by atomic mass is 29.6. The first-order valence-electron chi connectivity index (χ1n) is 10.6. The van der Waals surface area contributed by atoms with E-state index in [9.17, 15) is 0 Å². The summed E-state index contributed by atoms with van der Waals surface area (Å²) < 4.78 is 22.9. The predicted octanol–water partition coefficient (Wildman–Crippen LogP) is -2.41. The van der Waals surface area contributed by atoms with Crippen LogP contribution in [0.15, 0.2) is 0 Å². The molecule has 0 radical (unpaired) electrons. The Morgan fingerprint density at radius 3 is 0.857 bits per heavy atom. The molecule has 0 aliphatic carbocycles. The third-order valence-electron chi connectivity index (χ3n) is 7.90. The zero-order valence-electron chi connectivity index (χ0n) is 19.2. The van der Waals surface area contributed by atoms with E-state index in [0.29, 0.717) is 0 Å². The summed E-state index contributed by atoms with van der Waals surface area (Å²) in [6.07, 6.45) is 0. The largest absolute Gasteiger partial charge is 0.410 e. The quantitative estimate of drug-likeness (QED) is 0.372. The Hall–Kier alpha value is 0.228. The van der Waals surface area contributed by atoms with Crippen LogP contribution in [0.1, 0.15) is 0 Å². The van der Waals surface area contributed by atoms with Crippen molar-refractivity contribution in [3.05, 3.63) is 0 Å². The molecule has 4 aliphatic rings. The van der Waals surface area contributed by atoms with E-state index in [2.05, 4.69) is 92.9 Å². The minimum Gasteiger partial charge on any atom is -0.410 e. The van der Waals surface area contributed by atoms with E-state index in [1.165, 1.54) is 52.4 Å². The van der Waals surface area contributed by atoms with Crippen molar-refractivity contribution in [2.45, 2.75) is 0 Å². The summed E-state index contributed by atoms with van der Waals surface area (Å²) in [6.45, 7) is 9.89. The molecule has 0 saturated carbocycles. The maximum absolute atomic E-state index is 2.90. The van der Waals surface area contributed by atoms with E-state index < -0.39 is 31.3 Å². The average Bonchev–Trinajstić information content (AvgIpc) is 3.11. The summed E-state index contributed by atoms with van der Waals surface area (Å²) in [4.78, 5) is 0. The topological polar surface area (TPSA) is 25.9 Å². The second kappa shape index (κ2) is 7.42. The lowest BCUT2D eigenvalue weighted by Gasteiger charge is -2.58. The summed E-state index contributed by atoms with van der Waals surface area (Å²) in [5.41, 5.74) is 0. The van der Waals surface area contributed by atoms with E-state index in [0.717, 1.165) is 0 Å².